The normalized spacial score (nSPS) is 16.5. The van der Waals surface area contributed by atoms with Crippen molar-refractivity contribution in [2.75, 3.05) is 0 Å². The molecule has 0 fully saturated rings. The summed E-state index contributed by atoms with van der Waals surface area (Å²) in [6.07, 6.45) is 0. The molecule has 47 heteroatoms. The van der Waals surface area contributed by atoms with Crippen molar-refractivity contribution < 1.29 is 226 Å². The fourth-order valence-corrected chi connectivity index (χ4v) is 8.02. The maximum atomic E-state index is 10.1. The van der Waals surface area contributed by atoms with Crippen LogP contribution in [0.15, 0.2) is 30.3 Å². The molecular formula is C7H8Hf3O32P12+8. The molecule has 8 unspecified atom stereocenters. The predicted molar refractivity (Wildman–Crippen MR) is 131 cm³/mol. The van der Waals surface area contributed by atoms with Crippen molar-refractivity contribution >= 4 is 97.3 Å². The third kappa shape index (κ3) is 61.4. The van der Waals surface area contributed by atoms with E-state index in [1.54, 1.807) is 0 Å². The minimum Gasteiger partial charge on any atom is -0.750 e. The fourth-order valence-electron chi connectivity index (χ4n) is 1.25. The van der Waals surface area contributed by atoms with Crippen molar-refractivity contribution in [3.63, 3.8) is 0 Å². The van der Waals surface area contributed by atoms with Crippen LogP contribution in [0.25, 0.3) is 0 Å². The van der Waals surface area contributed by atoms with Crippen LogP contribution in [0.3, 0.4) is 0 Å². The van der Waals surface area contributed by atoms with Gasteiger partial charge in [0.2, 0.25) is 0 Å². The zero-order valence-corrected chi connectivity index (χ0v) is 45.8. The van der Waals surface area contributed by atoms with Crippen LogP contribution in [0.5, 0.6) is 0 Å². The first-order valence-corrected chi connectivity index (χ1v) is 24.3. The summed E-state index contributed by atoms with van der Waals surface area (Å²) in [6.45, 7) is 2.08. The Balaban J connectivity index is -0.000000101. The van der Waals surface area contributed by atoms with E-state index in [0.29, 0.717) is 0 Å². The molecule has 1 aromatic carbocycles. The van der Waals surface area contributed by atoms with E-state index in [2.05, 4.69) is 53.5 Å². The quantitative estimate of drug-likeness (QED) is 0.113. The predicted octanol–water partition coefficient (Wildman–Crippen LogP) is -3.92. The van der Waals surface area contributed by atoms with Gasteiger partial charge in [0, 0.05) is 0 Å². The van der Waals surface area contributed by atoms with Crippen LogP contribution in [0.2, 0.25) is 0 Å². The largest absolute Gasteiger partial charge is 4.00 e. The van der Waals surface area contributed by atoms with Crippen LogP contribution in [-0.4, -0.2) is 0 Å². The number of rotatable bonds is 16. The van der Waals surface area contributed by atoms with Gasteiger partial charge in [-0.25, -0.2) is 0 Å². The van der Waals surface area contributed by atoms with Gasteiger partial charge in [-0.2, -0.15) is 0 Å². The minimum atomic E-state index is -5.25. The number of benzene rings is 1. The second kappa shape index (κ2) is 37.5. The molecule has 0 aromatic heterocycles. The van der Waals surface area contributed by atoms with E-state index >= 15 is 0 Å². The number of phosphoric acid groups is 4. The molecular weight excluding hydrogens is 1500 g/mol. The van der Waals surface area contributed by atoms with Crippen LogP contribution in [0.4, 0.5) is 0 Å². The van der Waals surface area contributed by atoms with Crippen molar-refractivity contribution in [3.8, 4) is 0 Å². The molecule has 8 atom stereocenters. The summed E-state index contributed by atoms with van der Waals surface area (Å²) < 4.78 is 142. The van der Waals surface area contributed by atoms with E-state index in [4.69, 9.17) is 0 Å². The third-order valence-electron chi connectivity index (χ3n) is 2.27. The maximum Gasteiger partial charge on any atom is 4.00 e. The average molecular weight is 1510 g/mol. The summed E-state index contributed by atoms with van der Waals surface area (Å²) in [5, 5.41) is 0. The van der Waals surface area contributed by atoms with Gasteiger partial charge in [-0.3, -0.25) is 18.3 Å². The zero-order chi connectivity index (χ0) is 41.4. The topological polar surface area (TPSA) is 555 Å². The molecule has 0 N–H and O–H groups in total. The minimum absolute atomic E-state index is 0. The number of hydrogen-bond donors (Lipinski definition) is 0. The van der Waals surface area contributed by atoms with E-state index in [0.717, 1.165) is 0 Å². The summed E-state index contributed by atoms with van der Waals surface area (Å²) in [5.41, 5.74) is 1.32. The zero-order valence-electron chi connectivity index (χ0n) is 24.3. The van der Waals surface area contributed by atoms with E-state index < -0.39 is 97.3 Å². The smallest absolute Gasteiger partial charge is 0.750 e. The van der Waals surface area contributed by atoms with Gasteiger partial charge >= 0.3 is 175 Å². The molecule has 1 aromatic rings. The second-order valence-corrected chi connectivity index (χ2v) is 18.3. The molecule has 0 heterocycles. The Morgan fingerprint density at radius 2 is 0.500 bits per heavy atom. The molecule has 54 heavy (non-hydrogen) atoms. The monoisotopic (exact) mass is 1520 g/mol. The molecule has 0 aliphatic carbocycles. The van der Waals surface area contributed by atoms with Gasteiger partial charge in [0.15, 0.2) is 0 Å². The van der Waals surface area contributed by atoms with Crippen molar-refractivity contribution in [1.82, 2.24) is 0 Å². The van der Waals surface area contributed by atoms with E-state index in [1.165, 1.54) is 5.56 Å². The van der Waals surface area contributed by atoms with Crippen molar-refractivity contribution in [2.45, 2.75) is 6.92 Å². The summed E-state index contributed by atoms with van der Waals surface area (Å²) >= 11 is 0. The van der Waals surface area contributed by atoms with Gasteiger partial charge in [0.25, 0.3) is 0 Å². The Morgan fingerprint density at radius 1 is 0.370 bits per heavy atom. The van der Waals surface area contributed by atoms with Crippen LogP contribution in [-0.2, 0) is 167 Å². The Labute approximate surface area is 362 Å². The molecule has 0 saturated carbocycles. The molecule has 0 radical (unpaired) electrons. The fraction of sp³-hybridized carbons (Fsp3) is 0.143. The van der Waals surface area contributed by atoms with Gasteiger partial charge in [-0.1, -0.05) is 70.4 Å². The van der Waals surface area contributed by atoms with Gasteiger partial charge in [-0.15, -0.1) is 0 Å². The molecule has 0 bridgehead atoms. The summed E-state index contributed by atoms with van der Waals surface area (Å²) in [6, 6.07) is 10.3. The Kier molecular flexibility index (Phi) is 49.5. The molecule has 0 amide bonds. The molecule has 1 rings (SSSR count). The molecule has 0 spiro atoms. The summed E-state index contributed by atoms with van der Waals surface area (Å²) in [4.78, 5) is 117. The van der Waals surface area contributed by atoms with Crippen molar-refractivity contribution in [2.24, 2.45) is 0 Å². The standard InChI is InChI=1S/C7H8.3Hf.4HO8P3/c1-7-5-3-2-4-6-7;;;;4*1-9(2)7-11(5,6)8-10(3)4/h2-6H,1H3;;;;4*(H,5,6)/q;3*+4;;;;/p-4. The van der Waals surface area contributed by atoms with Crippen molar-refractivity contribution in [3.05, 3.63) is 35.9 Å². The van der Waals surface area contributed by atoms with Crippen LogP contribution >= 0.6 is 97.3 Å². The first kappa shape index (κ1) is 71.3. The first-order valence-electron chi connectivity index (χ1n) is 9.71. The Morgan fingerprint density at radius 3 is 0.574 bits per heavy atom. The SMILES string of the molecule is Cc1ccccc1.O=[P+]([O-])OP(=O)([O-])O[P+](=O)[O-].O=[P+]([O-])OP(=O)([O-])O[P+](=O)[O-].O=[P+]([O-])OP(=O)([O-])O[P+](=O)[O-].O=[P+]([O-])OP(=O)([O-])O[P+](=O)[O-].[Hf+4].[Hf+4].[Hf+4]. The molecule has 0 saturated heterocycles. The van der Waals surface area contributed by atoms with E-state index in [9.17, 15) is 114 Å². The van der Waals surface area contributed by atoms with Crippen LogP contribution < -0.4 is 58.7 Å². The van der Waals surface area contributed by atoms with Gasteiger partial charge in [0.05, 0.1) is 0 Å². The third-order valence-corrected chi connectivity index (χ3v) is 12.9. The van der Waals surface area contributed by atoms with E-state index in [1.807, 2.05) is 18.2 Å². The maximum absolute atomic E-state index is 10.1. The second-order valence-electron chi connectivity index (χ2n) is 5.89. The van der Waals surface area contributed by atoms with Gasteiger partial charge in [0.1, 0.15) is 0 Å². The van der Waals surface area contributed by atoms with E-state index in [-0.39, 0.29) is 77.5 Å². The molecule has 0 aliphatic heterocycles. The van der Waals surface area contributed by atoms with Gasteiger partial charge < -0.3 is 58.7 Å². The number of aryl methyl sites for hydroxylation is 1. The molecule has 32 nitrogen and oxygen atoms in total. The Hall–Kier alpha value is 2.75. The molecule has 0 aliphatic rings. The first-order chi connectivity index (χ1) is 22.7. The van der Waals surface area contributed by atoms with Gasteiger partial charge in [-0.05, 0) is 43.4 Å². The molecule has 292 valence electrons. The Bertz CT molecular complexity index is 1300. The average Bonchev–Trinajstić information content (AvgIpc) is 2.79. The number of hydrogen-bond acceptors (Lipinski definition) is 32. The van der Waals surface area contributed by atoms with Crippen molar-refractivity contribution in [1.29, 1.82) is 0 Å². The summed E-state index contributed by atoms with van der Waals surface area (Å²) in [7, 11) is -50.5. The summed E-state index contributed by atoms with van der Waals surface area (Å²) in [5.74, 6) is 0. The van der Waals surface area contributed by atoms with Crippen LogP contribution in [0.1, 0.15) is 5.56 Å². The van der Waals surface area contributed by atoms with Crippen LogP contribution in [0, 0.1) is 6.92 Å².